The van der Waals surface area contributed by atoms with Crippen LogP contribution in [0.2, 0.25) is 0 Å². The summed E-state index contributed by atoms with van der Waals surface area (Å²) in [6, 6.07) is 11.6. The molecule has 0 radical (unpaired) electrons. The largest absolute Gasteiger partial charge is 0.465 e. The van der Waals surface area contributed by atoms with Gasteiger partial charge in [-0.1, -0.05) is 18.2 Å². The van der Waals surface area contributed by atoms with Crippen LogP contribution in [0.1, 0.15) is 67.9 Å². The molecule has 0 saturated carbocycles. The molecule has 0 aliphatic carbocycles. The second-order valence-electron chi connectivity index (χ2n) is 9.73. The molecule has 8 heteroatoms. The predicted molar refractivity (Wildman–Crippen MR) is 133 cm³/mol. The predicted octanol–water partition coefficient (Wildman–Crippen LogP) is 4.95. The first-order chi connectivity index (χ1) is 16.0. The third-order valence-electron chi connectivity index (χ3n) is 6.56. The van der Waals surface area contributed by atoms with E-state index in [2.05, 4.69) is 30.4 Å². The molecular formula is C26H35FN2O4S. The van der Waals surface area contributed by atoms with Crippen LogP contribution < -0.4 is 4.31 Å². The zero-order valence-corrected chi connectivity index (χ0v) is 21.5. The van der Waals surface area contributed by atoms with Crippen LogP contribution in [-0.4, -0.2) is 50.8 Å². The highest BCUT2D eigenvalue weighted by atomic mass is 32.2. The Kier molecular flexibility index (Phi) is 8.03. The molecule has 3 rings (SSSR count). The van der Waals surface area contributed by atoms with Gasteiger partial charge in [0.25, 0.3) is 0 Å². The Morgan fingerprint density at radius 1 is 1.15 bits per heavy atom. The molecule has 1 fully saturated rings. The number of nitrogens with zero attached hydrogens (tertiary/aromatic N) is 2. The van der Waals surface area contributed by atoms with Crippen molar-refractivity contribution in [3.63, 3.8) is 0 Å². The van der Waals surface area contributed by atoms with Gasteiger partial charge in [0.05, 0.1) is 30.7 Å². The minimum atomic E-state index is -3.67. The Bertz CT molecular complexity index is 1120. The van der Waals surface area contributed by atoms with E-state index < -0.39 is 21.8 Å². The van der Waals surface area contributed by atoms with Gasteiger partial charge in [-0.25, -0.2) is 17.6 Å². The average Bonchev–Trinajstić information content (AvgIpc) is 2.82. The molecule has 1 heterocycles. The van der Waals surface area contributed by atoms with Gasteiger partial charge < -0.3 is 4.74 Å². The van der Waals surface area contributed by atoms with Gasteiger partial charge >= 0.3 is 5.97 Å². The molecule has 0 atom stereocenters. The number of esters is 1. The number of sulfonamides is 1. The van der Waals surface area contributed by atoms with Crippen molar-refractivity contribution in [1.29, 1.82) is 0 Å². The summed E-state index contributed by atoms with van der Waals surface area (Å²) < 4.78 is 46.7. The number of likely N-dealkylation sites (tertiary alicyclic amines) is 1. The summed E-state index contributed by atoms with van der Waals surface area (Å²) in [5.74, 6) is -1.05. The lowest BCUT2D eigenvalue weighted by molar-refractivity contribution is 0.0600. The molecule has 186 valence electrons. The van der Waals surface area contributed by atoms with Crippen LogP contribution in [0.15, 0.2) is 42.5 Å². The maximum absolute atomic E-state index is 14.8. The van der Waals surface area contributed by atoms with Crippen LogP contribution in [0.3, 0.4) is 0 Å². The topological polar surface area (TPSA) is 66.9 Å². The van der Waals surface area contributed by atoms with Crippen molar-refractivity contribution >= 4 is 21.7 Å². The Balaban J connectivity index is 1.88. The number of halogens is 1. The van der Waals surface area contributed by atoms with E-state index >= 15 is 0 Å². The van der Waals surface area contributed by atoms with Gasteiger partial charge in [0.2, 0.25) is 10.0 Å². The highest BCUT2D eigenvalue weighted by Gasteiger charge is 2.29. The van der Waals surface area contributed by atoms with Gasteiger partial charge in [0.1, 0.15) is 5.82 Å². The Morgan fingerprint density at radius 3 is 2.38 bits per heavy atom. The van der Waals surface area contributed by atoms with Gasteiger partial charge in [-0.2, -0.15) is 0 Å². The molecular weight excluding hydrogens is 455 g/mol. The highest BCUT2D eigenvalue weighted by Crippen LogP contribution is 2.34. The zero-order valence-electron chi connectivity index (χ0n) is 20.7. The minimum absolute atomic E-state index is 0.0808. The maximum atomic E-state index is 14.8. The number of carbonyl (C=O) groups excluding carboxylic acids is 1. The molecule has 34 heavy (non-hydrogen) atoms. The van der Waals surface area contributed by atoms with Gasteiger partial charge in [0, 0.05) is 11.1 Å². The van der Waals surface area contributed by atoms with Crippen LogP contribution in [0.4, 0.5) is 10.1 Å². The second-order valence-corrected chi connectivity index (χ2v) is 11.9. The normalized spacial score (nSPS) is 15.8. The van der Waals surface area contributed by atoms with Crippen molar-refractivity contribution in [3.05, 3.63) is 65.0 Å². The monoisotopic (exact) mass is 490 g/mol. The molecule has 2 aromatic rings. The van der Waals surface area contributed by atoms with Crippen molar-refractivity contribution in [2.24, 2.45) is 0 Å². The molecule has 6 nitrogen and oxygen atoms in total. The fourth-order valence-electron chi connectivity index (χ4n) is 4.40. The lowest BCUT2D eigenvalue weighted by Gasteiger charge is -2.41. The number of rotatable bonds is 7. The summed E-state index contributed by atoms with van der Waals surface area (Å²) in [7, 11) is -2.44. The van der Waals surface area contributed by atoms with E-state index in [-0.39, 0.29) is 29.0 Å². The van der Waals surface area contributed by atoms with Gasteiger partial charge in [-0.3, -0.25) is 9.21 Å². The molecule has 1 aliphatic rings. The molecule has 0 amide bonds. The fourth-order valence-corrected chi connectivity index (χ4v) is 5.48. The second kappa shape index (κ2) is 10.4. The fraction of sp³-hybridized carbons (Fsp3) is 0.500. The first-order valence-corrected chi connectivity index (χ1v) is 13.3. The van der Waals surface area contributed by atoms with E-state index in [0.29, 0.717) is 11.6 Å². The Morgan fingerprint density at radius 2 is 1.82 bits per heavy atom. The van der Waals surface area contributed by atoms with Crippen LogP contribution in [0, 0.1) is 5.82 Å². The number of carbonyl (C=O) groups is 1. The van der Waals surface area contributed by atoms with Gasteiger partial charge in [-0.15, -0.1) is 0 Å². The quantitative estimate of drug-likeness (QED) is 0.514. The van der Waals surface area contributed by atoms with E-state index in [1.807, 2.05) is 18.2 Å². The number of benzene rings is 2. The SMILES string of the molecule is CCS(=O)(=O)N(Cc1ccc(C(=O)OC)cc1F)c1cccc(C2CCN(C(C)(C)C)CC2)c1. The average molecular weight is 491 g/mol. The van der Waals surface area contributed by atoms with Gasteiger partial charge in [-0.05, 0) is 89.4 Å². The molecule has 1 saturated heterocycles. The first-order valence-electron chi connectivity index (χ1n) is 11.7. The number of piperidine rings is 1. The van der Waals surface area contributed by atoms with E-state index in [1.165, 1.54) is 23.5 Å². The number of methoxy groups -OCH3 is 1. The van der Waals surface area contributed by atoms with Crippen molar-refractivity contribution in [1.82, 2.24) is 4.90 Å². The maximum Gasteiger partial charge on any atom is 0.337 e. The van der Waals surface area contributed by atoms with E-state index in [9.17, 15) is 17.6 Å². The summed E-state index contributed by atoms with van der Waals surface area (Å²) in [6.07, 6.45) is 2.01. The summed E-state index contributed by atoms with van der Waals surface area (Å²) in [6.45, 7) is 10.1. The molecule has 2 aromatic carbocycles. The Hall–Kier alpha value is -2.45. The van der Waals surface area contributed by atoms with E-state index in [4.69, 9.17) is 0 Å². The van der Waals surface area contributed by atoms with Crippen molar-refractivity contribution in [3.8, 4) is 0 Å². The van der Waals surface area contributed by atoms with Crippen molar-refractivity contribution < 1.29 is 22.3 Å². The lowest BCUT2D eigenvalue weighted by atomic mass is 9.87. The zero-order chi connectivity index (χ0) is 25.1. The Labute approximate surface area is 202 Å². The molecule has 1 aliphatic heterocycles. The van der Waals surface area contributed by atoms with Crippen LogP contribution in [-0.2, 0) is 21.3 Å². The third-order valence-corrected chi connectivity index (χ3v) is 8.30. The van der Waals surface area contributed by atoms with Crippen molar-refractivity contribution in [2.45, 2.75) is 58.5 Å². The minimum Gasteiger partial charge on any atom is -0.465 e. The number of ether oxygens (including phenoxy) is 1. The molecule has 0 N–H and O–H groups in total. The van der Waals surface area contributed by atoms with Gasteiger partial charge in [0.15, 0.2) is 0 Å². The van der Waals surface area contributed by atoms with Crippen LogP contribution in [0.5, 0.6) is 0 Å². The number of hydrogen-bond donors (Lipinski definition) is 0. The molecule has 0 bridgehead atoms. The van der Waals surface area contributed by atoms with Crippen LogP contribution >= 0.6 is 0 Å². The molecule has 0 unspecified atom stereocenters. The molecule has 0 aromatic heterocycles. The summed E-state index contributed by atoms with van der Waals surface area (Å²) >= 11 is 0. The summed E-state index contributed by atoms with van der Waals surface area (Å²) in [5.41, 5.74) is 2.02. The smallest absolute Gasteiger partial charge is 0.337 e. The molecule has 0 spiro atoms. The van der Waals surface area contributed by atoms with Crippen molar-refractivity contribution in [2.75, 3.05) is 30.3 Å². The highest BCUT2D eigenvalue weighted by molar-refractivity contribution is 7.92. The summed E-state index contributed by atoms with van der Waals surface area (Å²) in [4.78, 5) is 14.2. The van der Waals surface area contributed by atoms with E-state index in [0.717, 1.165) is 37.6 Å². The third kappa shape index (κ3) is 5.96. The standard InChI is InChI=1S/C26H35FN2O4S/c1-6-34(31,32)29(18-22-11-10-21(17-24(22)27)25(30)33-5)23-9-7-8-20(16-23)19-12-14-28(15-13-19)26(2,3)4/h7-11,16-17,19H,6,12-15,18H2,1-5H3. The number of hydrogen-bond acceptors (Lipinski definition) is 5. The van der Waals surface area contributed by atoms with Crippen LogP contribution in [0.25, 0.3) is 0 Å². The number of anilines is 1. The lowest BCUT2D eigenvalue weighted by Crippen LogP contribution is -2.45. The van der Waals surface area contributed by atoms with E-state index in [1.54, 1.807) is 13.0 Å². The first kappa shape index (κ1) is 26.2. The summed E-state index contributed by atoms with van der Waals surface area (Å²) in [5, 5.41) is 0.